The molecule has 27 heavy (non-hydrogen) atoms. The van der Waals surface area contributed by atoms with Crippen LogP contribution in [0.25, 0.3) is 0 Å². The smallest absolute Gasteiger partial charge is 0.281 e. The second-order valence-electron chi connectivity index (χ2n) is 6.63. The van der Waals surface area contributed by atoms with Crippen LogP contribution in [0, 0.1) is 11.6 Å². The van der Waals surface area contributed by atoms with Crippen molar-refractivity contribution in [2.24, 2.45) is 0 Å². The molecule has 1 aliphatic rings. The highest BCUT2D eigenvalue weighted by molar-refractivity contribution is 7.86. The Morgan fingerprint density at radius 3 is 2.78 bits per heavy atom. The average Bonchev–Trinajstić information content (AvgIpc) is 3.27. The van der Waals surface area contributed by atoms with Gasteiger partial charge >= 0.3 is 0 Å². The first-order chi connectivity index (χ1) is 12.8. The Bertz CT molecular complexity index is 901. The number of H-pyrrole nitrogens is 1. The van der Waals surface area contributed by atoms with Gasteiger partial charge in [0, 0.05) is 51.3 Å². The maximum atomic E-state index is 13.1. The predicted octanol–water partition coefficient (Wildman–Crippen LogP) is 1.91. The molecule has 0 aliphatic carbocycles. The molecular weight excluding hydrogens is 378 g/mol. The van der Waals surface area contributed by atoms with Crippen LogP contribution < -0.4 is 4.74 Å². The lowest BCUT2D eigenvalue weighted by molar-refractivity contribution is 0.317. The standard InChI is InChI=1S/C17H22F2N4O3S/c1-22(2)27(24,25)23-7-5-12(11-23)17-9-13(20-21-17)6-8-26-14-3-4-15(18)16(19)10-14/h3-4,9-10,12H,5-8,11H2,1-2H3,(H,20,21)/t12-/m0/s1. The fourth-order valence-corrected chi connectivity index (χ4v) is 4.14. The van der Waals surface area contributed by atoms with Crippen molar-refractivity contribution < 1.29 is 21.9 Å². The quantitative estimate of drug-likeness (QED) is 0.770. The van der Waals surface area contributed by atoms with Crippen LogP contribution in [0.4, 0.5) is 8.78 Å². The van der Waals surface area contributed by atoms with Gasteiger partial charge in [0.05, 0.1) is 12.3 Å². The van der Waals surface area contributed by atoms with E-state index in [0.29, 0.717) is 25.9 Å². The molecule has 1 fully saturated rings. The number of rotatable bonds is 7. The minimum Gasteiger partial charge on any atom is -0.493 e. The number of nitrogens with one attached hydrogen (secondary N) is 1. The van der Waals surface area contributed by atoms with E-state index in [0.717, 1.165) is 23.5 Å². The predicted molar refractivity (Wildman–Crippen MR) is 95.7 cm³/mol. The molecule has 1 aliphatic heterocycles. The van der Waals surface area contributed by atoms with Crippen LogP contribution in [0.15, 0.2) is 24.3 Å². The first-order valence-electron chi connectivity index (χ1n) is 8.57. The van der Waals surface area contributed by atoms with Gasteiger partial charge in [-0.15, -0.1) is 0 Å². The number of aromatic amines is 1. The van der Waals surface area contributed by atoms with Crippen LogP contribution in [-0.2, 0) is 16.6 Å². The van der Waals surface area contributed by atoms with Gasteiger partial charge in [0.2, 0.25) is 0 Å². The Morgan fingerprint density at radius 1 is 1.30 bits per heavy atom. The van der Waals surface area contributed by atoms with E-state index in [1.807, 2.05) is 6.07 Å². The number of ether oxygens (including phenoxy) is 1. The van der Waals surface area contributed by atoms with E-state index >= 15 is 0 Å². The molecule has 0 amide bonds. The van der Waals surface area contributed by atoms with Crippen molar-refractivity contribution in [2.45, 2.75) is 18.8 Å². The van der Waals surface area contributed by atoms with Gasteiger partial charge in [-0.2, -0.15) is 22.1 Å². The van der Waals surface area contributed by atoms with E-state index in [9.17, 15) is 17.2 Å². The molecule has 0 unspecified atom stereocenters. The summed E-state index contributed by atoms with van der Waals surface area (Å²) >= 11 is 0. The van der Waals surface area contributed by atoms with Crippen LogP contribution in [0.3, 0.4) is 0 Å². The summed E-state index contributed by atoms with van der Waals surface area (Å²) in [5, 5.41) is 7.21. The molecule has 1 aromatic carbocycles. The highest BCUT2D eigenvalue weighted by Gasteiger charge is 2.34. The first-order valence-corrected chi connectivity index (χ1v) is 9.96. The van der Waals surface area contributed by atoms with Crippen LogP contribution in [0.1, 0.15) is 23.7 Å². The molecule has 1 atom stereocenters. The molecule has 148 valence electrons. The molecule has 3 rings (SSSR count). The zero-order valence-corrected chi connectivity index (χ0v) is 16.0. The van der Waals surface area contributed by atoms with Gasteiger partial charge in [0.1, 0.15) is 5.75 Å². The molecule has 1 aromatic heterocycles. The summed E-state index contributed by atoms with van der Waals surface area (Å²) in [7, 11) is -0.378. The molecule has 0 bridgehead atoms. The number of nitrogens with zero attached hydrogens (tertiary/aromatic N) is 3. The molecule has 0 radical (unpaired) electrons. The van der Waals surface area contributed by atoms with Gasteiger partial charge in [-0.25, -0.2) is 8.78 Å². The van der Waals surface area contributed by atoms with Gasteiger partial charge in [-0.05, 0) is 24.6 Å². The Kier molecular flexibility index (Phi) is 5.78. The molecule has 2 heterocycles. The molecule has 10 heteroatoms. The van der Waals surface area contributed by atoms with E-state index in [-0.39, 0.29) is 18.3 Å². The number of hydrogen-bond acceptors (Lipinski definition) is 4. The zero-order valence-electron chi connectivity index (χ0n) is 15.2. The van der Waals surface area contributed by atoms with Crippen molar-refractivity contribution in [2.75, 3.05) is 33.8 Å². The van der Waals surface area contributed by atoms with Crippen LogP contribution in [0.5, 0.6) is 5.75 Å². The maximum absolute atomic E-state index is 13.1. The van der Waals surface area contributed by atoms with Gasteiger partial charge in [-0.3, -0.25) is 5.10 Å². The average molecular weight is 400 g/mol. The molecular formula is C17H22F2N4O3S. The maximum Gasteiger partial charge on any atom is 0.281 e. The van der Waals surface area contributed by atoms with Gasteiger partial charge in [-0.1, -0.05) is 0 Å². The Morgan fingerprint density at radius 2 is 2.07 bits per heavy atom. The molecule has 1 saturated heterocycles. The van der Waals surface area contributed by atoms with Crippen molar-refractivity contribution in [3.8, 4) is 5.75 Å². The lowest BCUT2D eigenvalue weighted by atomic mass is 10.0. The van der Waals surface area contributed by atoms with E-state index in [2.05, 4.69) is 10.2 Å². The third-order valence-electron chi connectivity index (χ3n) is 4.54. The second-order valence-corrected chi connectivity index (χ2v) is 8.77. The van der Waals surface area contributed by atoms with Crippen molar-refractivity contribution in [1.29, 1.82) is 0 Å². The summed E-state index contributed by atoms with van der Waals surface area (Å²) in [5.41, 5.74) is 1.65. The van der Waals surface area contributed by atoms with Crippen LogP contribution in [0.2, 0.25) is 0 Å². The van der Waals surface area contributed by atoms with Crippen LogP contribution >= 0.6 is 0 Å². The fraction of sp³-hybridized carbons (Fsp3) is 0.471. The summed E-state index contributed by atoms with van der Waals surface area (Å²) in [6.07, 6.45) is 1.22. The largest absolute Gasteiger partial charge is 0.493 e. The second kappa shape index (κ2) is 7.91. The van der Waals surface area contributed by atoms with Crippen molar-refractivity contribution >= 4 is 10.2 Å². The Balaban J connectivity index is 1.54. The lowest BCUT2D eigenvalue weighted by Gasteiger charge is -2.20. The summed E-state index contributed by atoms with van der Waals surface area (Å²) < 4.78 is 58.5. The molecule has 1 N–H and O–H groups in total. The normalized spacial score (nSPS) is 18.3. The first kappa shape index (κ1) is 19.7. The van der Waals surface area contributed by atoms with Crippen molar-refractivity contribution in [3.63, 3.8) is 0 Å². The number of hydrogen-bond donors (Lipinski definition) is 1. The van der Waals surface area contributed by atoms with Crippen molar-refractivity contribution in [3.05, 3.63) is 47.3 Å². The number of benzene rings is 1. The lowest BCUT2D eigenvalue weighted by Crippen LogP contribution is -2.38. The summed E-state index contributed by atoms with van der Waals surface area (Å²) in [4.78, 5) is 0. The SMILES string of the molecule is CN(C)S(=O)(=O)N1CC[C@H](c2cc(CCOc3ccc(F)c(F)c3)[nH]n2)C1. The van der Waals surface area contributed by atoms with Gasteiger partial charge in [0.25, 0.3) is 10.2 Å². The molecule has 0 saturated carbocycles. The zero-order chi connectivity index (χ0) is 19.6. The minimum absolute atomic E-state index is 0.0387. The van der Waals surface area contributed by atoms with Crippen molar-refractivity contribution in [1.82, 2.24) is 18.8 Å². The number of halogens is 2. The monoisotopic (exact) mass is 400 g/mol. The number of aromatic nitrogens is 2. The fourth-order valence-electron chi connectivity index (χ4n) is 2.97. The highest BCUT2D eigenvalue weighted by atomic mass is 32.2. The summed E-state index contributed by atoms with van der Waals surface area (Å²) in [6, 6.07) is 5.29. The molecule has 2 aromatic rings. The third kappa shape index (κ3) is 4.45. The van der Waals surface area contributed by atoms with E-state index in [1.54, 1.807) is 0 Å². The topological polar surface area (TPSA) is 78.5 Å². The molecule has 0 spiro atoms. The van der Waals surface area contributed by atoms with E-state index in [1.165, 1.54) is 28.8 Å². The third-order valence-corrected chi connectivity index (χ3v) is 6.45. The van der Waals surface area contributed by atoms with Gasteiger partial charge in [0.15, 0.2) is 11.6 Å². The molecule has 7 nitrogen and oxygen atoms in total. The Hall–Kier alpha value is -2.04. The summed E-state index contributed by atoms with van der Waals surface area (Å²) in [5.74, 6) is -1.57. The van der Waals surface area contributed by atoms with E-state index in [4.69, 9.17) is 4.74 Å². The van der Waals surface area contributed by atoms with Gasteiger partial charge < -0.3 is 4.74 Å². The minimum atomic E-state index is -3.41. The van der Waals surface area contributed by atoms with E-state index < -0.39 is 21.8 Å². The summed E-state index contributed by atoms with van der Waals surface area (Å²) in [6.45, 7) is 1.14. The Labute approximate surface area is 157 Å². The highest BCUT2D eigenvalue weighted by Crippen LogP contribution is 2.28. The van der Waals surface area contributed by atoms with Crippen LogP contribution in [-0.4, -0.2) is 61.0 Å².